The molecule has 0 aliphatic carbocycles. The molecule has 1 atom stereocenters. The van der Waals surface area contributed by atoms with Crippen LogP contribution in [0.15, 0.2) is 48.7 Å². The zero-order valence-corrected chi connectivity index (χ0v) is 17.6. The summed E-state index contributed by atoms with van der Waals surface area (Å²) < 4.78 is 9.46. The lowest BCUT2D eigenvalue weighted by Gasteiger charge is -2.14. The Hall–Kier alpha value is -3.21. The molecule has 0 spiro atoms. The second-order valence-electron chi connectivity index (χ2n) is 7.88. The maximum Gasteiger partial charge on any atom is 0.268 e. The molecule has 0 aliphatic heterocycles. The molecule has 4 rings (SSSR count). The van der Waals surface area contributed by atoms with Crippen LogP contribution in [0, 0.1) is 6.92 Å². The number of amides is 1. The van der Waals surface area contributed by atoms with Crippen molar-refractivity contribution in [2.75, 3.05) is 7.11 Å². The van der Waals surface area contributed by atoms with Gasteiger partial charge in [0, 0.05) is 48.1 Å². The van der Waals surface area contributed by atoms with Gasteiger partial charge >= 0.3 is 0 Å². The Morgan fingerprint density at radius 3 is 2.62 bits per heavy atom. The smallest absolute Gasteiger partial charge is 0.268 e. The third kappa shape index (κ3) is 3.48. The van der Waals surface area contributed by atoms with Crippen molar-refractivity contribution in [3.8, 4) is 5.75 Å². The quantitative estimate of drug-likeness (QED) is 0.552. The summed E-state index contributed by atoms with van der Waals surface area (Å²) in [5.74, 6) is 0.791. The van der Waals surface area contributed by atoms with E-state index < -0.39 is 0 Å². The summed E-state index contributed by atoms with van der Waals surface area (Å²) in [6, 6.07) is 14.3. The number of methoxy groups -OCH3 is 1. The highest BCUT2D eigenvalue weighted by molar-refractivity contribution is 5.99. The summed E-state index contributed by atoms with van der Waals surface area (Å²) in [6.07, 6.45) is 2.88. The Morgan fingerprint density at radius 1 is 1.10 bits per heavy atom. The lowest BCUT2D eigenvalue weighted by Crippen LogP contribution is -2.35. The van der Waals surface area contributed by atoms with Gasteiger partial charge in [-0.2, -0.15) is 0 Å². The number of aromatic nitrogens is 2. The zero-order valence-electron chi connectivity index (χ0n) is 17.6. The minimum absolute atomic E-state index is 0.000880. The largest absolute Gasteiger partial charge is 0.497 e. The number of ether oxygens (including phenoxy) is 1. The minimum Gasteiger partial charge on any atom is -0.497 e. The Bertz CT molecular complexity index is 1220. The van der Waals surface area contributed by atoms with Crippen LogP contribution in [0.2, 0.25) is 0 Å². The molecule has 5 nitrogen and oxygen atoms in total. The first-order valence-electron chi connectivity index (χ1n) is 9.86. The lowest BCUT2D eigenvalue weighted by molar-refractivity contribution is 0.0932. The molecule has 150 valence electrons. The van der Waals surface area contributed by atoms with E-state index >= 15 is 0 Å². The molecule has 0 saturated heterocycles. The predicted octanol–water partition coefficient (Wildman–Crippen LogP) is 4.35. The van der Waals surface area contributed by atoms with E-state index in [1.54, 1.807) is 7.11 Å². The number of carbonyl (C=O) groups is 1. The van der Waals surface area contributed by atoms with E-state index in [9.17, 15) is 4.79 Å². The first kappa shape index (κ1) is 19.1. The number of benzene rings is 2. The third-order valence-electron chi connectivity index (χ3n) is 5.61. The monoisotopic (exact) mass is 389 g/mol. The Kier molecular flexibility index (Phi) is 4.82. The molecule has 2 heterocycles. The fraction of sp³-hybridized carbons (Fsp3) is 0.292. The van der Waals surface area contributed by atoms with Crippen molar-refractivity contribution in [3.63, 3.8) is 0 Å². The molecule has 0 radical (unpaired) electrons. The lowest BCUT2D eigenvalue weighted by atomic mass is 10.1. The second-order valence-corrected chi connectivity index (χ2v) is 7.88. The van der Waals surface area contributed by atoms with Crippen LogP contribution in [0.1, 0.15) is 28.5 Å². The minimum atomic E-state index is -0.0494. The van der Waals surface area contributed by atoms with E-state index in [4.69, 9.17) is 4.74 Å². The van der Waals surface area contributed by atoms with Crippen LogP contribution < -0.4 is 10.1 Å². The zero-order chi connectivity index (χ0) is 20.7. The molecular weight excluding hydrogens is 362 g/mol. The first-order valence-corrected chi connectivity index (χ1v) is 9.86. The molecule has 0 fully saturated rings. The van der Waals surface area contributed by atoms with Crippen molar-refractivity contribution >= 4 is 27.7 Å². The van der Waals surface area contributed by atoms with Crippen molar-refractivity contribution in [3.05, 3.63) is 65.5 Å². The van der Waals surface area contributed by atoms with Crippen molar-refractivity contribution in [1.82, 2.24) is 14.5 Å². The van der Waals surface area contributed by atoms with Crippen LogP contribution in [-0.2, 0) is 20.5 Å². The van der Waals surface area contributed by atoms with Crippen LogP contribution in [0.3, 0.4) is 0 Å². The average Bonchev–Trinajstić information content (AvgIpc) is 3.18. The van der Waals surface area contributed by atoms with Gasteiger partial charge in [-0.25, -0.2) is 0 Å². The number of hydrogen-bond acceptors (Lipinski definition) is 2. The fourth-order valence-electron chi connectivity index (χ4n) is 4.11. The highest BCUT2D eigenvalue weighted by Gasteiger charge is 2.17. The highest BCUT2D eigenvalue weighted by atomic mass is 16.5. The molecule has 1 N–H and O–H groups in total. The number of carbonyl (C=O) groups excluding carboxylic acids is 1. The van der Waals surface area contributed by atoms with Crippen LogP contribution in [0.4, 0.5) is 0 Å². The van der Waals surface area contributed by atoms with E-state index in [-0.39, 0.29) is 11.9 Å². The number of hydrogen-bond donors (Lipinski definition) is 1. The van der Waals surface area contributed by atoms with Gasteiger partial charge in [0.25, 0.3) is 5.91 Å². The number of aryl methyl sites for hydroxylation is 3. The van der Waals surface area contributed by atoms with Gasteiger partial charge in [-0.05, 0) is 62.2 Å². The van der Waals surface area contributed by atoms with Gasteiger partial charge in [0.15, 0.2) is 0 Å². The SMILES string of the molecule is COc1ccc2c(c1)c(C[C@@H](C)NC(=O)c1cc3cc(C)ccc3n1C)cn2C. The van der Waals surface area contributed by atoms with E-state index in [1.165, 1.54) is 11.1 Å². The summed E-state index contributed by atoms with van der Waals surface area (Å²) in [6.45, 7) is 4.11. The Labute approximate surface area is 170 Å². The molecule has 5 heteroatoms. The first-order chi connectivity index (χ1) is 13.9. The maximum absolute atomic E-state index is 12.9. The van der Waals surface area contributed by atoms with Crippen molar-refractivity contribution in [2.24, 2.45) is 14.1 Å². The normalized spacial score (nSPS) is 12.4. The molecule has 4 aromatic rings. The Morgan fingerprint density at radius 2 is 1.86 bits per heavy atom. The molecule has 2 aromatic heterocycles. The van der Waals surface area contributed by atoms with Crippen LogP contribution >= 0.6 is 0 Å². The van der Waals surface area contributed by atoms with Crippen molar-refractivity contribution in [1.29, 1.82) is 0 Å². The number of nitrogens with zero attached hydrogens (tertiary/aromatic N) is 2. The topological polar surface area (TPSA) is 48.2 Å². The molecule has 29 heavy (non-hydrogen) atoms. The number of rotatable bonds is 5. The second kappa shape index (κ2) is 7.32. The number of fused-ring (bicyclic) bond motifs is 2. The van der Waals surface area contributed by atoms with E-state index in [0.717, 1.165) is 34.0 Å². The van der Waals surface area contributed by atoms with Gasteiger partial charge in [0.2, 0.25) is 0 Å². The van der Waals surface area contributed by atoms with Crippen molar-refractivity contribution in [2.45, 2.75) is 26.3 Å². The van der Waals surface area contributed by atoms with Gasteiger partial charge < -0.3 is 19.2 Å². The molecule has 0 unspecified atom stereocenters. The van der Waals surface area contributed by atoms with Crippen LogP contribution in [0.25, 0.3) is 21.8 Å². The average molecular weight is 389 g/mol. The third-order valence-corrected chi connectivity index (χ3v) is 5.61. The summed E-state index contributed by atoms with van der Waals surface area (Å²) in [7, 11) is 5.66. The van der Waals surface area contributed by atoms with Crippen LogP contribution in [-0.4, -0.2) is 28.2 Å². The van der Waals surface area contributed by atoms with Gasteiger partial charge in [0.1, 0.15) is 11.4 Å². The standard InChI is InChI=1S/C24H27N3O2/c1-15-6-8-21-17(10-15)12-23(27(21)4)24(28)25-16(2)11-18-14-26(3)22-9-7-19(29-5)13-20(18)22/h6-10,12-14,16H,11H2,1-5H3,(H,25,28)/t16-/m1/s1. The van der Waals surface area contributed by atoms with E-state index in [2.05, 4.69) is 53.3 Å². The predicted molar refractivity (Wildman–Crippen MR) is 118 cm³/mol. The van der Waals surface area contributed by atoms with Gasteiger partial charge in [-0.15, -0.1) is 0 Å². The van der Waals surface area contributed by atoms with E-state index in [1.807, 2.05) is 37.7 Å². The molecule has 1 amide bonds. The summed E-state index contributed by atoms with van der Waals surface area (Å²) in [5, 5.41) is 5.41. The highest BCUT2D eigenvalue weighted by Crippen LogP contribution is 2.26. The molecule has 0 aliphatic rings. The van der Waals surface area contributed by atoms with Gasteiger partial charge in [-0.1, -0.05) is 11.6 Å². The summed E-state index contributed by atoms with van der Waals surface area (Å²) in [5.41, 5.74) is 5.28. The van der Waals surface area contributed by atoms with Crippen molar-refractivity contribution < 1.29 is 9.53 Å². The van der Waals surface area contributed by atoms with Gasteiger partial charge in [-0.3, -0.25) is 4.79 Å². The van der Waals surface area contributed by atoms with Crippen LogP contribution in [0.5, 0.6) is 5.75 Å². The van der Waals surface area contributed by atoms with Gasteiger partial charge in [0.05, 0.1) is 7.11 Å². The molecule has 2 aromatic carbocycles. The maximum atomic E-state index is 12.9. The summed E-state index contributed by atoms with van der Waals surface area (Å²) in [4.78, 5) is 12.9. The van der Waals surface area contributed by atoms with E-state index in [0.29, 0.717) is 5.69 Å². The fourth-order valence-corrected chi connectivity index (χ4v) is 4.11. The molecule has 0 saturated carbocycles. The Balaban J connectivity index is 1.56. The molecular formula is C24H27N3O2. The molecule has 0 bridgehead atoms. The summed E-state index contributed by atoms with van der Waals surface area (Å²) >= 11 is 0. The number of nitrogens with one attached hydrogen (secondary N) is 1.